The molecule has 1 fully saturated rings. The van der Waals surface area contributed by atoms with Crippen molar-refractivity contribution >= 4 is 16.6 Å². The van der Waals surface area contributed by atoms with Crippen LogP contribution in [0.2, 0.25) is 0 Å². The molecule has 1 aromatic heterocycles. The van der Waals surface area contributed by atoms with Crippen molar-refractivity contribution in [1.82, 2.24) is 9.47 Å². The van der Waals surface area contributed by atoms with Crippen molar-refractivity contribution < 1.29 is 32.7 Å². The van der Waals surface area contributed by atoms with E-state index in [1.165, 1.54) is 29.0 Å². The van der Waals surface area contributed by atoms with Crippen LogP contribution in [0.3, 0.4) is 0 Å². The number of benzene rings is 4. The minimum absolute atomic E-state index is 0.108. The molecule has 2 heterocycles. The number of nitro groups is 1. The summed E-state index contributed by atoms with van der Waals surface area (Å²) in [7, 11) is 0. The lowest BCUT2D eigenvalue weighted by Gasteiger charge is -2.39. The van der Waals surface area contributed by atoms with Crippen LogP contribution in [0.25, 0.3) is 10.9 Å². The number of para-hydroxylation sites is 2. The Morgan fingerprint density at radius 2 is 1.47 bits per heavy atom. The van der Waals surface area contributed by atoms with Crippen LogP contribution in [-0.2, 0) is 18.8 Å². The highest BCUT2D eigenvalue weighted by molar-refractivity contribution is 5.87. The second-order valence-electron chi connectivity index (χ2n) is 11.8. The lowest BCUT2D eigenvalue weighted by Crippen LogP contribution is -2.53. The molecule has 0 radical (unpaired) electrons. The number of non-ortho nitro benzene ring substituents is 1. The van der Waals surface area contributed by atoms with Gasteiger partial charge in [0.1, 0.15) is 12.7 Å². The lowest BCUT2D eigenvalue weighted by atomic mass is 9.91. The van der Waals surface area contributed by atoms with Gasteiger partial charge in [0.05, 0.1) is 10.4 Å². The number of alkyl halides is 3. The Morgan fingerprint density at radius 1 is 0.851 bits per heavy atom. The van der Waals surface area contributed by atoms with Gasteiger partial charge in [-0.05, 0) is 42.2 Å². The summed E-state index contributed by atoms with van der Waals surface area (Å²) in [5.74, 6) is 1.14. The summed E-state index contributed by atoms with van der Waals surface area (Å²) in [6.07, 6.45) is -3.11. The van der Waals surface area contributed by atoms with Gasteiger partial charge in [-0.25, -0.2) is 0 Å². The fourth-order valence-electron chi connectivity index (χ4n) is 6.05. The number of rotatable bonds is 11. The first kappa shape index (κ1) is 32.1. The molecule has 0 aliphatic carbocycles. The Kier molecular flexibility index (Phi) is 9.19. The number of likely N-dealkylation sites (tertiary alicyclic amines) is 1. The zero-order valence-electron chi connectivity index (χ0n) is 25.5. The van der Waals surface area contributed by atoms with Gasteiger partial charge in [0, 0.05) is 55.5 Å². The Balaban J connectivity index is 1.20. The van der Waals surface area contributed by atoms with Crippen molar-refractivity contribution in [2.75, 3.05) is 19.6 Å². The average molecular weight is 646 g/mol. The monoisotopic (exact) mass is 645 g/mol. The standard InChI is InChI=1S/C36H34F3N3O5/c37-36(38,39)35(43,31-23-41(22-26-9-3-1-4-10-26)32-21-28(42(44)45)15-16-30(31)32)25-40-19-17-29(18-20-40)47-34-14-8-7-13-33(34)46-24-27-11-5-2-6-12-27/h1-16,21,23,29,43H,17-20,22,24-25H2. The van der Waals surface area contributed by atoms with Gasteiger partial charge in [0.2, 0.25) is 5.60 Å². The molecule has 5 aromatic rings. The maximum atomic E-state index is 14.9. The van der Waals surface area contributed by atoms with Gasteiger partial charge in [-0.3, -0.25) is 15.0 Å². The van der Waals surface area contributed by atoms with Gasteiger partial charge in [0.15, 0.2) is 11.5 Å². The van der Waals surface area contributed by atoms with Crippen molar-refractivity contribution in [2.24, 2.45) is 0 Å². The first-order valence-electron chi connectivity index (χ1n) is 15.4. The number of piperidine rings is 1. The van der Waals surface area contributed by atoms with Crippen molar-refractivity contribution in [1.29, 1.82) is 0 Å². The number of halogens is 3. The molecule has 1 saturated heterocycles. The highest BCUT2D eigenvalue weighted by Crippen LogP contribution is 2.44. The molecule has 1 N–H and O–H groups in total. The zero-order valence-corrected chi connectivity index (χ0v) is 25.5. The third kappa shape index (κ3) is 7.11. The summed E-state index contributed by atoms with van der Waals surface area (Å²) >= 11 is 0. The van der Waals surface area contributed by atoms with E-state index in [0.717, 1.165) is 11.1 Å². The molecule has 47 heavy (non-hydrogen) atoms. The van der Waals surface area contributed by atoms with Crippen LogP contribution in [0.5, 0.6) is 11.5 Å². The fraction of sp³-hybridized carbons (Fsp3) is 0.278. The van der Waals surface area contributed by atoms with E-state index < -0.39 is 23.2 Å². The summed E-state index contributed by atoms with van der Waals surface area (Å²) in [5.41, 5.74) is -1.77. The summed E-state index contributed by atoms with van der Waals surface area (Å²) in [5, 5.41) is 23.2. The second kappa shape index (κ2) is 13.5. The molecule has 1 unspecified atom stereocenters. The highest BCUT2D eigenvalue weighted by atomic mass is 19.4. The molecule has 4 aromatic carbocycles. The van der Waals surface area contributed by atoms with Crippen LogP contribution < -0.4 is 9.47 Å². The average Bonchev–Trinajstić information content (AvgIpc) is 3.43. The number of aromatic nitrogens is 1. The van der Waals surface area contributed by atoms with Gasteiger partial charge >= 0.3 is 6.18 Å². The normalized spacial score (nSPS) is 15.7. The second-order valence-corrected chi connectivity index (χ2v) is 11.8. The quantitative estimate of drug-likeness (QED) is 0.118. The summed E-state index contributed by atoms with van der Waals surface area (Å²) in [6, 6.07) is 29.8. The van der Waals surface area contributed by atoms with Gasteiger partial charge in [-0.1, -0.05) is 72.8 Å². The van der Waals surface area contributed by atoms with Crippen LogP contribution in [0.15, 0.2) is 109 Å². The van der Waals surface area contributed by atoms with Gasteiger partial charge in [-0.15, -0.1) is 0 Å². The highest BCUT2D eigenvalue weighted by Gasteiger charge is 2.57. The topological polar surface area (TPSA) is 90.0 Å². The summed E-state index contributed by atoms with van der Waals surface area (Å²) in [6.45, 7) is 0.381. The number of nitrogens with zero attached hydrogens (tertiary/aromatic N) is 3. The van der Waals surface area contributed by atoms with E-state index in [1.807, 2.05) is 72.8 Å². The molecule has 1 atom stereocenters. The van der Waals surface area contributed by atoms with E-state index in [-0.39, 0.29) is 47.9 Å². The molecule has 0 saturated carbocycles. The summed E-state index contributed by atoms with van der Waals surface area (Å²) < 4.78 is 58.5. The lowest BCUT2D eigenvalue weighted by molar-refractivity contribution is -0.384. The minimum atomic E-state index is -5.02. The van der Waals surface area contributed by atoms with Crippen molar-refractivity contribution in [3.05, 3.63) is 136 Å². The van der Waals surface area contributed by atoms with Crippen molar-refractivity contribution in [2.45, 2.75) is 43.9 Å². The van der Waals surface area contributed by atoms with Gasteiger partial charge in [0.25, 0.3) is 5.69 Å². The fourth-order valence-corrected chi connectivity index (χ4v) is 6.05. The molecule has 1 aliphatic rings. The Morgan fingerprint density at radius 3 is 2.11 bits per heavy atom. The number of ether oxygens (including phenoxy) is 2. The molecule has 11 heteroatoms. The van der Waals surface area contributed by atoms with Crippen LogP contribution in [-0.4, -0.2) is 51.4 Å². The predicted molar refractivity (Wildman–Crippen MR) is 171 cm³/mol. The maximum absolute atomic E-state index is 14.9. The maximum Gasteiger partial charge on any atom is 0.422 e. The molecule has 0 spiro atoms. The molecule has 0 bridgehead atoms. The van der Waals surface area contributed by atoms with Crippen LogP contribution >= 0.6 is 0 Å². The van der Waals surface area contributed by atoms with Crippen LogP contribution in [0.4, 0.5) is 18.9 Å². The Labute approximate surface area is 269 Å². The zero-order chi connectivity index (χ0) is 33.0. The van der Waals surface area contributed by atoms with Crippen molar-refractivity contribution in [3.8, 4) is 11.5 Å². The van der Waals surface area contributed by atoms with E-state index in [2.05, 4.69) is 0 Å². The van der Waals surface area contributed by atoms with Gasteiger partial charge < -0.3 is 19.1 Å². The summed E-state index contributed by atoms with van der Waals surface area (Å²) in [4.78, 5) is 12.5. The SMILES string of the molecule is O=[N+]([O-])c1ccc2c(C(O)(CN3CCC(Oc4ccccc4OCc4ccccc4)CC3)C(F)(F)F)cn(Cc3ccccc3)c2c1. The molecule has 0 amide bonds. The molecule has 8 nitrogen and oxygen atoms in total. The Bertz CT molecular complexity index is 1820. The first-order chi connectivity index (χ1) is 22.6. The number of hydrogen-bond donors (Lipinski definition) is 1. The minimum Gasteiger partial charge on any atom is -0.486 e. The molecule has 1 aliphatic heterocycles. The first-order valence-corrected chi connectivity index (χ1v) is 15.4. The third-order valence-corrected chi connectivity index (χ3v) is 8.55. The predicted octanol–water partition coefficient (Wildman–Crippen LogP) is 7.47. The van der Waals surface area contributed by atoms with Gasteiger partial charge in [-0.2, -0.15) is 13.2 Å². The number of β-amino-alcohol motifs (C(OH)–C–C–N with tert-alkyl or cyclic N) is 1. The number of hydrogen-bond acceptors (Lipinski definition) is 6. The van der Waals surface area contributed by atoms with Crippen LogP contribution in [0.1, 0.15) is 29.5 Å². The largest absolute Gasteiger partial charge is 0.486 e. The van der Waals surface area contributed by atoms with Crippen LogP contribution in [0, 0.1) is 10.1 Å². The third-order valence-electron chi connectivity index (χ3n) is 8.55. The number of fused-ring (bicyclic) bond motifs is 1. The van der Waals surface area contributed by atoms with E-state index in [4.69, 9.17) is 9.47 Å². The van der Waals surface area contributed by atoms with E-state index >= 15 is 0 Å². The molecular weight excluding hydrogens is 611 g/mol. The Hall–Kier alpha value is -4.87. The number of aliphatic hydroxyl groups is 1. The molecule has 6 rings (SSSR count). The van der Waals surface area contributed by atoms with E-state index in [1.54, 1.807) is 17.0 Å². The molecular formula is C36H34F3N3O5. The van der Waals surface area contributed by atoms with Crippen molar-refractivity contribution in [3.63, 3.8) is 0 Å². The molecule has 244 valence electrons. The van der Waals surface area contributed by atoms with E-state index in [9.17, 15) is 28.4 Å². The number of nitro benzene ring substituents is 1. The van der Waals surface area contributed by atoms with E-state index in [0.29, 0.717) is 30.9 Å². The smallest absolute Gasteiger partial charge is 0.422 e.